The summed E-state index contributed by atoms with van der Waals surface area (Å²) in [6.45, 7) is 0. The molecule has 0 aliphatic rings. The molecule has 0 unspecified atom stereocenters. The van der Waals surface area contributed by atoms with Gasteiger partial charge in [0, 0.05) is 35.4 Å². The number of halogens is 1. The Balaban J connectivity index is 2.28. The van der Waals surface area contributed by atoms with Crippen LogP contribution >= 0.6 is 11.6 Å². The molecular formula is C13H10ClN3. The maximum absolute atomic E-state index is 5.99. The van der Waals surface area contributed by atoms with Gasteiger partial charge < -0.3 is 4.57 Å². The Morgan fingerprint density at radius 2 is 2.06 bits per heavy atom. The lowest BCUT2D eigenvalue weighted by Gasteiger charge is -2.02. The van der Waals surface area contributed by atoms with Crippen molar-refractivity contribution in [1.29, 1.82) is 0 Å². The highest BCUT2D eigenvalue weighted by Gasteiger charge is 2.08. The Hall–Kier alpha value is -1.87. The molecule has 0 saturated carbocycles. The van der Waals surface area contributed by atoms with Crippen LogP contribution in [-0.4, -0.2) is 14.5 Å². The normalized spacial score (nSPS) is 10.9. The van der Waals surface area contributed by atoms with Gasteiger partial charge in [0.1, 0.15) is 5.69 Å². The van der Waals surface area contributed by atoms with E-state index >= 15 is 0 Å². The zero-order chi connectivity index (χ0) is 11.8. The third kappa shape index (κ3) is 1.68. The van der Waals surface area contributed by atoms with E-state index in [0.717, 1.165) is 27.3 Å². The van der Waals surface area contributed by atoms with E-state index < -0.39 is 0 Å². The van der Waals surface area contributed by atoms with Crippen LogP contribution in [0.5, 0.6) is 0 Å². The predicted molar refractivity (Wildman–Crippen MR) is 69.0 cm³/mol. The van der Waals surface area contributed by atoms with Gasteiger partial charge in [-0.2, -0.15) is 0 Å². The molecule has 0 aliphatic heterocycles. The van der Waals surface area contributed by atoms with Gasteiger partial charge in [-0.3, -0.25) is 9.97 Å². The predicted octanol–water partition coefficient (Wildman–Crippen LogP) is 3.29. The topological polar surface area (TPSA) is 30.7 Å². The van der Waals surface area contributed by atoms with Crippen LogP contribution in [0.1, 0.15) is 0 Å². The molecule has 2 aromatic heterocycles. The van der Waals surface area contributed by atoms with Crippen LogP contribution in [0.3, 0.4) is 0 Å². The average Bonchev–Trinajstić information content (AvgIpc) is 2.67. The van der Waals surface area contributed by atoms with Crippen molar-refractivity contribution in [3.63, 3.8) is 0 Å². The zero-order valence-electron chi connectivity index (χ0n) is 9.26. The van der Waals surface area contributed by atoms with Crippen LogP contribution in [-0.2, 0) is 7.05 Å². The smallest absolute Gasteiger partial charge is 0.105 e. The third-order valence-electron chi connectivity index (χ3n) is 2.83. The van der Waals surface area contributed by atoms with Crippen LogP contribution in [0, 0.1) is 0 Å². The number of hydrogen-bond donors (Lipinski definition) is 0. The molecule has 0 amide bonds. The van der Waals surface area contributed by atoms with Crippen LogP contribution < -0.4 is 0 Å². The molecule has 84 valence electrons. The molecule has 0 bridgehead atoms. The summed E-state index contributed by atoms with van der Waals surface area (Å²) in [5.74, 6) is 0. The first kappa shape index (κ1) is 10.3. The minimum absolute atomic E-state index is 0.744. The summed E-state index contributed by atoms with van der Waals surface area (Å²) in [6.07, 6.45) is 5.12. The van der Waals surface area contributed by atoms with Gasteiger partial charge >= 0.3 is 0 Å². The second-order valence-corrected chi connectivity index (χ2v) is 4.32. The standard InChI is InChI=1S/C13H10ClN3/c1-17-12-3-2-10(14)6-9(12)7-13(17)11-8-15-4-5-16-11/h2-8H,1H3. The molecule has 3 aromatic rings. The number of hydrogen-bond acceptors (Lipinski definition) is 2. The van der Waals surface area contributed by atoms with Gasteiger partial charge in [0.25, 0.3) is 0 Å². The van der Waals surface area contributed by atoms with Crippen LogP contribution in [0.25, 0.3) is 22.3 Å². The summed E-state index contributed by atoms with van der Waals surface area (Å²) < 4.78 is 2.09. The second-order valence-electron chi connectivity index (χ2n) is 3.88. The Morgan fingerprint density at radius 3 is 2.82 bits per heavy atom. The molecule has 0 atom stereocenters. The van der Waals surface area contributed by atoms with E-state index in [4.69, 9.17) is 11.6 Å². The van der Waals surface area contributed by atoms with Gasteiger partial charge in [-0.1, -0.05) is 11.6 Å². The van der Waals surface area contributed by atoms with E-state index in [0.29, 0.717) is 0 Å². The first-order chi connectivity index (χ1) is 8.25. The highest BCUT2D eigenvalue weighted by Crippen LogP contribution is 2.27. The van der Waals surface area contributed by atoms with Crippen LogP contribution in [0.15, 0.2) is 42.9 Å². The maximum Gasteiger partial charge on any atom is 0.105 e. The van der Waals surface area contributed by atoms with Gasteiger partial charge in [0.15, 0.2) is 0 Å². The third-order valence-corrected chi connectivity index (χ3v) is 3.07. The minimum atomic E-state index is 0.744. The molecule has 0 saturated heterocycles. The first-order valence-electron chi connectivity index (χ1n) is 5.27. The van der Waals surface area contributed by atoms with Gasteiger partial charge in [-0.15, -0.1) is 0 Å². The van der Waals surface area contributed by atoms with Crippen molar-refractivity contribution in [2.45, 2.75) is 0 Å². The number of rotatable bonds is 1. The van der Waals surface area contributed by atoms with Crippen molar-refractivity contribution < 1.29 is 0 Å². The summed E-state index contributed by atoms with van der Waals surface area (Å²) in [5, 5.41) is 1.86. The lowest BCUT2D eigenvalue weighted by molar-refractivity contribution is 0.967. The summed E-state index contributed by atoms with van der Waals surface area (Å²) in [4.78, 5) is 8.40. The second kappa shape index (κ2) is 3.86. The monoisotopic (exact) mass is 243 g/mol. The number of benzene rings is 1. The molecule has 0 aliphatic carbocycles. The molecule has 0 N–H and O–H groups in total. The average molecular weight is 244 g/mol. The van der Waals surface area contributed by atoms with E-state index in [2.05, 4.69) is 20.6 Å². The maximum atomic E-state index is 5.99. The summed E-state index contributed by atoms with van der Waals surface area (Å²) in [7, 11) is 2.01. The molecule has 2 heterocycles. The molecular weight excluding hydrogens is 234 g/mol. The van der Waals surface area contributed by atoms with E-state index in [1.54, 1.807) is 18.6 Å². The van der Waals surface area contributed by atoms with E-state index in [9.17, 15) is 0 Å². The minimum Gasteiger partial charge on any atom is -0.342 e. The van der Waals surface area contributed by atoms with Crippen LogP contribution in [0.4, 0.5) is 0 Å². The van der Waals surface area contributed by atoms with Gasteiger partial charge in [0.05, 0.1) is 11.9 Å². The molecule has 1 aromatic carbocycles. The quantitative estimate of drug-likeness (QED) is 0.657. The van der Waals surface area contributed by atoms with Crippen molar-refractivity contribution in [2.75, 3.05) is 0 Å². The lowest BCUT2D eigenvalue weighted by Crippen LogP contribution is -1.93. The fourth-order valence-electron chi connectivity index (χ4n) is 2.00. The van der Waals surface area contributed by atoms with Crippen LogP contribution in [0.2, 0.25) is 5.02 Å². The van der Waals surface area contributed by atoms with E-state index in [-0.39, 0.29) is 0 Å². The molecule has 17 heavy (non-hydrogen) atoms. The number of aryl methyl sites for hydroxylation is 1. The Kier molecular flexibility index (Phi) is 2.34. The number of aromatic nitrogens is 3. The number of fused-ring (bicyclic) bond motifs is 1. The summed E-state index contributed by atoms with van der Waals surface area (Å²) in [5.41, 5.74) is 3.03. The Labute approximate surface area is 104 Å². The largest absolute Gasteiger partial charge is 0.342 e. The summed E-state index contributed by atoms with van der Waals surface area (Å²) in [6, 6.07) is 7.93. The van der Waals surface area contributed by atoms with Gasteiger partial charge in [-0.25, -0.2) is 0 Å². The highest BCUT2D eigenvalue weighted by atomic mass is 35.5. The zero-order valence-corrected chi connectivity index (χ0v) is 10.0. The number of nitrogens with zero attached hydrogens (tertiary/aromatic N) is 3. The van der Waals surface area contributed by atoms with Gasteiger partial charge in [0.2, 0.25) is 0 Å². The fraction of sp³-hybridized carbons (Fsp3) is 0.0769. The van der Waals surface area contributed by atoms with Crippen molar-refractivity contribution in [2.24, 2.45) is 7.05 Å². The van der Waals surface area contributed by atoms with Crippen molar-refractivity contribution >= 4 is 22.5 Å². The molecule has 0 radical (unpaired) electrons. The SMILES string of the molecule is Cn1c(-c2cnccn2)cc2cc(Cl)ccc21. The Bertz CT molecular complexity index is 674. The first-order valence-corrected chi connectivity index (χ1v) is 5.65. The molecule has 0 fully saturated rings. The van der Waals surface area contributed by atoms with Crippen molar-refractivity contribution in [1.82, 2.24) is 14.5 Å². The molecule has 3 nitrogen and oxygen atoms in total. The van der Waals surface area contributed by atoms with Gasteiger partial charge in [-0.05, 0) is 24.3 Å². The summed E-state index contributed by atoms with van der Waals surface area (Å²) >= 11 is 5.99. The fourth-order valence-corrected chi connectivity index (χ4v) is 2.18. The van der Waals surface area contributed by atoms with E-state index in [1.807, 2.05) is 25.2 Å². The van der Waals surface area contributed by atoms with Crippen molar-refractivity contribution in [3.05, 3.63) is 47.9 Å². The molecule has 0 spiro atoms. The highest BCUT2D eigenvalue weighted by molar-refractivity contribution is 6.31. The van der Waals surface area contributed by atoms with E-state index in [1.165, 1.54) is 0 Å². The van der Waals surface area contributed by atoms with Crippen molar-refractivity contribution in [3.8, 4) is 11.4 Å². The molecule has 3 rings (SSSR count). The Morgan fingerprint density at radius 1 is 1.18 bits per heavy atom. The molecule has 4 heteroatoms. The lowest BCUT2D eigenvalue weighted by atomic mass is 10.2.